The van der Waals surface area contributed by atoms with Crippen LogP contribution in [0.5, 0.6) is 11.6 Å². The van der Waals surface area contributed by atoms with Gasteiger partial charge in [-0.1, -0.05) is 12.1 Å². The van der Waals surface area contributed by atoms with Gasteiger partial charge in [0.1, 0.15) is 10.6 Å². The standard InChI is InChI=1S/C13H12ClNO4S/c14-20(17,18)12-5-6-13(15-9-12)19-11-3-1-10(2-4-11)7-8-16/h1-6,9,16H,7-8H2. The molecule has 0 aliphatic heterocycles. The minimum atomic E-state index is -3.77. The second-order valence-corrected chi connectivity index (χ2v) is 6.56. The van der Waals surface area contributed by atoms with Crippen LogP contribution in [0.3, 0.4) is 0 Å². The van der Waals surface area contributed by atoms with Crippen molar-refractivity contribution < 1.29 is 18.3 Å². The average Bonchev–Trinajstić information content (AvgIpc) is 2.41. The quantitative estimate of drug-likeness (QED) is 0.857. The largest absolute Gasteiger partial charge is 0.439 e. The first-order valence-electron chi connectivity index (χ1n) is 5.77. The van der Waals surface area contributed by atoms with E-state index in [0.717, 1.165) is 11.8 Å². The van der Waals surface area contributed by atoms with Crippen LogP contribution in [0.4, 0.5) is 0 Å². The Morgan fingerprint density at radius 1 is 1.15 bits per heavy atom. The van der Waals surface area contributed by atoms with Crippen molar-refractivity contribution in [2.45, 2.75) is 11.3 Å². The summed E-state index contributed by atoms with van der Waals surface area (Å²) in [6, 6.07) is 9.92. The average molecular weight is 314 g/mol. The molecule has 0 aliphatic rings. The minimum absolute atomic E-state index is 0.0789. The molecule has 0 spiro atoms. The molecule has 0 bridgehead atoms. The van der Waals surface area contributed by atoms with E-state index in [2.05, 4.69) is 4.98 Å². The first-order chi connectivity index (χ1) is 9.49. The normalized spacial score (nSPS) is 11.3. The molecule has 0 fully saturated rings. The zero-order valence-electron chi connectivity index (χ0n) is 10.4. The van der Waals surface area contributed by atoms with Crippen molar-refractivity contribution in [3.8, 4) is 11.6 Å². The van der Waals surface area contributed by atoms with Gasteiger partial charge in [0.2, 0.25) is 5.88 Å². The summed E-state index contributed by atoms with van der Waals surface area (Å²) in [4.78, 5) is 3.79. The molecule has 106 valence electrons. The summed E-state index contributed by atoms with van der Waals surface area (Å²) >= 11 is 0. The summed E-state index contributed by atoms with van der Waals surface area (Å²) in [6.45, 7) is 0.0934. The maximum Gasteiger partial charge on any atom is 0.262 e. The molecule has 0 amide bonds. The van der Waals surface area contributed by atoms with Crippen LogP contribution < -0.4 is 4.74 Å². The smallest absolute Gasteiger partial charge is 0.262 e. The Morgan fingerprint density at radius 2 is 1.85 bits per heavy atom. The van der Waals surface area contributed by atoms with Crippen molar-refractivity contribution >= 4 is 19.7 Å². The zero-order valence-corrected chi connectivity index (χ0v) is 11.9. The number of nitrogens with zero attached hydrogens (tertiary/aromatic N) is 1. The number of pyridine rings is 1. The fourth-order valence-corrected chi connectivity index (χ4v) is 2.23. The lowest BCUT2D eigenvalue weighted by atomic mass is 10.1. The van der Waals surface area contributed by atoms with Gasteiger partial charge in [0.15, 0.2) is 0 Å². The van der Waals surface area contributed by atoms with Crippen molar-refractivity contribution in [1.29, 1.82) is 0 Å². The molecule has 20 heavy (non-hydrogen) atoms. The number of aliphatic hydroxyl groups excluding tert-OH is 1. The minimum Gasteiger partial charge on any atom is -0.439 e. The van der Waals surface area contributed by atoms with Crippen LogP contribution in [0, 0.1) is 0 Å². The number of rotatable bonds is 5. The van der Waals surface area contributed by atoms with Crippen LogP contribution in [-0.2, 0) is 15.5 Å². The van der Waals surface area contributed by atoms with Gasteiger partial charge in [-0.15, -0.1) is 0 Å². The Morgan fingerprint density at radius 3 is 2.35 bits per heavy atom. The maximum atomic E-state index is 11.1. The molecule has 5 nitrogen and oxygen atoms in total. The summed E-state index contributed by atoms with van der Waals surface area (Å²) in [5, 5.41) is 8.81. The van der Waals surface area contributed by atoms with E-state index in [1.807, 2.05) is 12.1 Å². The maximum absolute atomic E-state index is 11.1. The number of aromatic nitrogens is 1. The Bertz CT molecular complexity index is 669. The Hall–Kier alpha value is -1.63. The first-order valence-corrected chi connectivity index (χ1v) is 8.08. The molecule has 0 aliphatic carbocycles. The van der Waals surface area contributed by atoms with E-state index in [4.69, 9.17) is 20.5 Å². The number of halogens is 1. The Labute approximate surface area is 121 Å². The van der Waals surface area contributed by atoms with E-state index < -0.39 is 9.05 Å². The summed E-state index contributed by atoms with van der Waals surface area (Å²) < 4.78 is 27.6. The molecule has 1 aromatic heterocycles. The summed E-state index contributed by atoms with van der Waals surface area (Å²) in [7, 11) is 1.42. The second kappa shape index (κ2) is 6.21. The lowest BCUT2D eigenvalue weighted by molar-refractivity contribution is 0.299. The van der Waals surface area contributed by atoms with E-state index in [-0.39, 0.29) is 17.4 Å². The molecule has 0 radical (unpaired) electrons. The third-order valence-corrected chi connectivity index (χ3v) is 3.88. The van der Waals surface area contributed by atoms with Gasteiger partial charge < -0.3 is 9.84 Å². The summed E-state index contributed by atoms with van der Waals surface area (Å²) in [5.74, 6) is 0.838. The molecule has 0 atom stereocenters. The number of benzene rings is 1. The van der Waals surface area contributed by atoms with Crippen LogP contribution in [-0.4, -0.2) is 25.1 Å². The van der Waals surface area contributed by atoms with Gasteiger partial charge >= 0.3 is 0 Å². The highest BCUT2D eigenvalue weighted by Gasteiger charge is 2.10. The van der Waals surface area contributed by atoms with Gasteiger partial charge in [-0.2, -0.15) is 0 Å². The highest BCUT2D eigenvalue weighted by molar-refractivity contribution is 8.13. The van der Waals surface area contributed by atoms with E-state index in [0.29, 0.717) is 12.2 Å². The monoisotopic (exact) mass is 313 g/mol. The van der Waals surface area contributed by atoms with Crippen molar-refractivity contribution in [3.63, 3.8) is 0 Å². The van der Waals surface area contributed by atoms with E-state index in [9.17, 15) is 8.42 Å². The zero-order chi connectivity index (χ0) is 14.6. The number of hydrogen-bond donors (Lipinski definition) is 1. The summed E-state index contributed by atoms with van der Waals surface area (Å²) in [5.41, 5.74) is 0.997. The molecule has 0 saturated heterocycles. The molecule has 1 aromatic carbocycles. The Balaban J connectivity index is 2.10. The Kier molecular flexibility index (Phi) is 4.59. The topological polar surface area (TPSA) is 76.5 Å². The molecular formula is C13H12ClNO4S. The molecule has 0 unspecified atom stereocenters. The highest BCUT2D eigenvalue weighted by atomic mass is 35.7. The molecule has 1 N–H and O–H groups in total. The van der Waals surface area contributed by atoms with Gasteiger partial charge in [0, 0.05) is 23.4 Å². The fraction of sp³-hybridized carbons (Fsp3) is 0.154. The van der Waals surface area contributed by atoms with Crippen LogP contribution in [0.2, 0.25) is 0 Å². The third-order valence-electron chi connectivity index (χ3n) is 2.54. The predicted molar refractivity (Wildman–Crippen MR) is 74.6 cm³/mol. The molecule has 1 heterocycles. The number of aliphatic hydroxyl groups is 1. The van der Waals surface area contributed by atoms with Crippen molar-refractivity contribution in [1.82, 2.24) is 4.98 Å². The lowest BCUT2D eigenvalue weighted by Gasteiger charge is -2.06. The van der Waals surface area contributed by atoms with Crippen molar-refractivity contribution in [2.75, 3.05) is 6.61 Å². The van der Waals surface area contributed by atoms with Gasteiger partial charge in [-0.3, -0.25) is 0 Å². The van der Waals surface area contributed by atoms with Gasteiger partial charge in [-0.25, -0.2) is 13.4 Å². The van der Waals surface area contributed by atoms with Crippen LogP contribution in [0.1, 0.15) is 5.56 Å². The van der Waals surface area contributed by atoms with Gasteiger partial charge in [0.25, 0.3) is 9.05 Å². The first kappa shape index (κ1) is 14.8. The molecule has 2 aromatic rings. The van der Waals surface area contributed by atoms with E-state index in [1.54, 1.807) is 12.1 Å². The van der Waals surface area contributed by atoms with E-state index in [1.165, 1.54) is 12.1 Å². The molecule has 7 heteroatoms. The highest BCUT2D eigenvalue weighted by Crippen LogP contribution is 2.22. The van der Waals surface area contributed by atoms with Gasteiger partial charge in [0.05, 0.1) is 6.20 Å². The van der Waals surface area contributed by atoms with Crippen LogP contribution in [0.25, 0.3) is 0 Å². The van der Waals surface area contributed by atoms with Crippen LogP contribution in [0.15, 0.2) is 47.5 Å². The summed E-state index contributed by atoms with van der Waals surface area (Å²) in [6.07, 6.45) is 1.72. The third kappa shape index (κ3) is 3.93. The number of ether oxygens (including phenoxy) is 1. The SMILES string of the molecule is O=S(=O)(Cl)c1ccc(Oc2ccc(CCO)cc2)nc1. The van der Waals surface area contributed by atoms with Crippen molar-refractivity contribution in [3.05, 3.63) is 48.2 Å². The number of hydrogen-bond acceptors (Lipinski definition) is 5. The lowest BCUT2D eigenvalue weighted by Crippen LogP contribution is -1.94. The second-order valence-electron chi connectivity index (χ2n) is 3.99. The van der Waals surface area contributed by atoms with Gasteiger partial charge in [-0.05, 0) is 30.2 Å². The predicted octanol–water partition coefficient (Wildman–Crippen LogP) is 2.34. The fourth-order valence-electron chi connectivity index (χ4n) is 1.55. The van der Waals surface area contributed by atoms with Crippen LogP contribution >= 0.6 is 10.7 Å². The van der Waals surface area contributed by atoms with Crippen molar-refractivity contribution in [2.24, 2.45) is 0 Å². The molecular weight excluding hydrogens is 302 g/mol. The molecule has 2 rings (SSSR count). The van der Waals surface area contributed by atoms with E-state index >= 15 is 0 Å². The molecule has 0 saturated carbocycles.